The number of methoxy groups -OCH3 is 1. The lowest BCUT2D eigenvalue weighted by Gasteiger charge is -2.19. The second-order valence-corrected chi connectivity index (χ2v) is 6.25. The van der Waals surface area contributed by atoms with E-state index >= 15 is 0 Å². The average Bonchev–Trinajstić information content (AvgIpc) is 2.36. The number of benzene rings is 1. The topological polar surface area (TPSA) is 21.3 Å². The smallest absolute Gasteiger partial charge is 0.133 e. The summed E-state index contributed by atoms with van der Waals surface area (Å²) in [6, 6.07) is 6.94. The van der Waals surface area contributed by atoms with E-state index in [1.807, 2.05) is 6.07 Å². The van der Waals surface area contributed by atoms with Gasteiger partial charge < -0.3 is 10.1 Å². The molecule has 0 saturated heterocycles. The van der Waals surface area contributed by atoms with Gasteiger partial charge in [0.1, 0.15) is 5.75 Å². The van der Waals surface area contributed by atoms with E-state index in [4.69, 9.17) is 4.74 Å². The van der Waals surface area contributed by atoms with Crippen LogP contribution < -0.4 is 10.1 Å². The molecule has 0 bridgehead atoms. The van der Waals surface area contributed by atoms with Gasteiger partial charge in [-0.15, -0.1) is 0 Å². The highest BCUT2D eigenvalue weighted by Gasteiger charge is 2.11. The first-order valence-corrected chi connectivity index (χ1v) is 7.91. The molecule has 0 spiro atoms. The third-order valence-electron chi connectivity index (χ3n) is 3.25. The normalized spacial score (nSPS) is 12.7. The van der Waals surface area contributed by atoms with Crippen molar-refractivity contribution in [1.82, 2.24) is 5.32 Å². The van der Waals surface area contributed by atoms with E-state index < -0.39 is 0 Å². The van der Waals surface area contributed by atoms with E-state index in [-0.39, 0.29) is 0 Å². The van der Waals surface area contributed by atoms with Crippen molar-refractivity contribution < 1.29 is 4.74 Å². The summed E-state index contributed by atoms with van der Waals surface area (Å²) < 4.78 is 6.31. The maximum Gasteiger partial charge on any atom is 0.133 e. The lowest BCUT2D eigenvalue weighted by Crippen LogP contribution is -2.29. The van der Waals surface area contributed by atoms with Crippen molar-refractivity contribution >= 4 is 15.9 Å². The number of halogens is 1. The summed E-state index contributed by atoms with van der Waals surface area (Å²) in [6.07, 6.45) is 3.63. The molecule has 0 aliphatic rings. The van der Waals surface area contributed by atoms with Gasteiger partial charge in [-0.25, -0.2) is 0 Å². The van der Waals surface area contributed by atoms with Gasteiger partial charge in [0.25, 0.3) is 0 Å². The molecule has 0 amide bonds. The molecule has 1 atom stereocenters. The van der Waals surface area contributed by atoms with E-state index in [2.05, 4.69) is 54.2 Å². The van der Waals surface area contributed by atoms with Gasteiger partial charge in [-0.05, 0) is 58.9 Å². The molecule has 0 radical (unpaired) electrons. The molecule has 108 valence electrons. The van der Waals surface area contributed by atoms with Gasteiger partial charge in [0.15, 0.2) is 0 Å². The number of ether oxygens (including phenoxy) is 1. The zero-order chi connectivity index (χ0) is 14.3. The molecule has 19 heavy (non-hydrogen) atoms. The fourth-order valence-electron chi connectivity index (χ4n) is 2.26. The molecule has 0 heterocycles. The van der Waals surface area contributed by atoms with Crippen LogP contribution in [0.25, 0.3) is 0 Å². The van der Waals surface area contributed by atoms with Gasteiger partial charge in [0, 0.05) is 6.04 Å². The molecule has 1 aromatic rings. The summed E-state index contributed by atoms with van der Waals surface area (Å²) in [5.74, 6) is 1.60. The van der Waals surface area contributed by atoms with Crippen LogP contribution in [0.5, 0.6) is 5.75 Å². The highest BCUT2D eigenvalue weighted by molar-refractivity contribution is 9.10. The first kappa shape index (κ1) is 16.5. The van der Waals surface area contributed by atoms with Crippen LogP contribution in [0.15, 0.2) is 22.7 Å². The van der Waals surface area contributed by atoms with Crippen molar-refractivity contribution in [2.24, 2.45) is 5.92 Å². The Morgan fingerprint density at radius 1 is 1.32 bits per heavy atom. The van der Waals surface area contributed by atoms with E-state index in [1.54, 1.807) is 7.11 Å². The minimum atomic E-state index is 0.557. The van der Waals surface area contributed by atoms with Gasteiger partial charge in [-0.1, -0.05) is 33.3 Å². The number of hydrogen-bond donors (Lipinski definition) is 1. The SMILES string of the molecule is CCCC(CNC(C)C)Cc1ccc(OC)c(Br)c1. The van der Waals surface area contributed by atoms with Crippen molar-refractivity contribution in [2.75, 3.05) is 13.7 Å². The van der Waals surface area contributed by atoms with Crippen molar-refractivity contribution in [3.05, 3.63) is 28.2 Å². The summed E-state index contributed by atoms with van der Waals surface area (Å²) in [4.78, 5) is 0. The van der Waals surface area contributed by atoms with Crippen LogP contribution >= 0.6 is 15.9 Å². The highest BCUT2D eigenvalue weighted by atomic mass is 79.9. The predicted octanol–water partition coefficient (Wildman–Crippen LogP) is 4.41. The minimum Gasteiger partial charge on any atom is -0.496 e. The Morgan fingerprint density at radius 2 is 2.05 bits per heavy atom. The maximum atomic E-state index is 5.27. The summed E-state index contributed by atoms with van der Waals surface area (Å²) in [5, 5.41) is 3.55. The van der Waals surface area contributed by atoms with E-state index in [0.29, 0.717) is 12.0 Å². The summed E-state index contributed by atoms with van der Waals surface area (Å²) in [5.41, 5.74) is 1.37. The van der Waals surface area contributed by atoms with Gasteiger partial charge in [0.05, 0.1) is 11.6 Å². The summed E-state index contributed by atoms with van der Waals surface area (Å²) in [7, 11) is 1.70. The highest BCUT2D eigenvalue weighted by Crippen LogP contribution is 2.27. The Kier molecular flexibility index (Phi) is 7.47. The second kappa shape index (κ2) is 8.60. The minimum absolute atomic E-state index is 0.557. The molecule has 0 aromatic heterocycles. The largest absolute Gasteiger partial charge is 0.496 e. The Bertz CT molecular complexity index is 379. The summed E-state index contributed by atoms with van der Waals surface area (Å²) >= 11 is 3.56. The Morgan fingerprint density at radius 3 is 2.58 bits per heavy atom. The fraction of sp³-hybridized carbons (Fsp3) is 0.625. The lowest BCUT2D eigenvalue weighted by atomic mass is 9.94. The van der Waals surface area contributed by atoms with E-state index in [1.165, 1.54) is 18.4 Å². The molecular weight excluding hydrogens is 302 g/mol. The zero-order valence-corrected chi connectivity index (χ0v) is 14.1. The lowest BCUT2D eigenvalue weighted by molar-refractivity contribution is 0.409. The number of nitrogens with one attached hydrogen (secondary N) is 1. The van der Waals surface area contributed by atoms with Crippen LogP contribution in [0.4, 0.5) is 0 Å². The molecule has 0 aliphatic carbocycles. The van der Waals surface area contributed by atoms with Crippen molar-refractivity contribution in [1.29, 1.82) is 0 Å². The molecule has 0 saturated carbocycles. The average molecular weight is 328 g/mol. The Balaban J connectivity index is 2.64. The van der Waals surface area contributed by atoms with Gasteiger partial charge in [-0.2, -0.15) is 0 Å². The molecule has 1 N–H and O–H groups in total. The van der Waals surface area contributed by atoms with Gasteiger partial charge >= 0.3 is 0 Å². The van der Waals surface area contributed by atoms with Crippen molar-refractivity contribution in [3.63, 3.8) is 0 Å². The molecule has 0 fully saturated rings. The monoisotopic (exact) mass is 327 g/mol. The van der Waals surface area contributed by atoms with Crippen LogP contribution in [0.1, 0.15) is 39.2 Å². The Hall–Kier alpha value is -0.540. The van der Waals surface area contributed by atoms with E-state index in [9.17, 15) is 0 Å². The van der Waals surface area contributed by atoms with Crippen LogP contribution in [-0.2, 0) is 6.42 Å². The van der Waals surface area contributed by atoms with Gasteiger partial charge in [0.2, 0.25) is 0 Å². The van der Waals surface area contributed by atoms with E-state index in [0.717, 1.165) is 23.2 Å². The van der Waals surface area contributed by atoms with Crippen molar-refractivity contribution in [2.45, 2.75) is 46.1 Å². The molecule has 1 unspecified atom stereocenters. The zero-order valence-electron chi connectivity index (χ0n) is 12.5. The number of hydrogen-bond acceptors (Lipinski definition) is 2. The van der Waals surface area contributed by atoms with Crippen LogP contribution in [0.2, 0.25) is 0 Å². The summed E-state index contributed by atoms with van der Waals surface area (Å²) in [6.45, 7) is 7.75. The third kappa shape index (κ3) is 5.96. The molecule has 3 heteroatoms. The number of rotatable bonds is 8. The molecule has 2 nitrogen and oxygen atoms in total. The second-order valence-electron chi connectivity index (χ2n) is 5.39. The molecular formula is C16H26BrNO. The van der Waals surface area contributed by atoms with Crippen LogP contribution in [-0.4, -0.2) is 19.7 Å². The van der Waals surface area contributed by atoms with Gasteiger partial charge in [-0.3, -0.25) is 0 Å². The molecule has 1 rings (SSSR count). The first-order chi connectivity index (χ1) is 9.06. The fourth-order valence-corrected chi connectivity index (χ4v) is 2.85. The predicted molar refractivity (Wildman–Crippen MR) is 85.9 cm³/mol. The maximum absolute atomic E-state index is 5.27. The van der Waals surface area contributed by atoms with Crippen LogP contribution in [0.3, 0.4) is 0 Å². The molecule has 0 aliphatic heterocycles. The van der Waals surface area contributed by atoms with Crippen molar-refractivity contribution in [3.8, 4) is 5.75 Å². The Labute approximate surface area is 126 Å². The quantitative estimate of drug-likeness (QED) is 0.763. The first-order valence-electron chi connectivity index (χ1n) is 7.12. The molecule has 1 aromatic carbocycles. The standard InChI is InChI=1S/C16H26BrNO/c1-5-6-14(11-18-12(2)3)9-13-7-8-16(19-4)15(17)10-13/h7-8,10,12,14,18H,5-6,9,11H2,1-4H3. The van der Waals surface area contributed by atoms with Crippen LogP contribution in [0, 0.1) is 5.92 Å². The third-order valence-corrected chi connectivity index (χ3v) is 3.87.